The van der Waals surface area contributed by atoms with Gasteiger partial charge in [0.05, 0.1) is 5.92 Å². The highest BCUT2D eigenvalue weighted by atomic mass is 79.9. The first-order valence-electron chi connectivity index (χ1n) is 9.96. The summed E-state index contributed by atoms with van der Waals surface area (Å²) in [6.45, 7) is 4.86. The molecule has 1 atom stereocenters. The van der Waals surface area contributed by atoms with E-state index in [9.17, 15) is 14.4 Å². The third-order valence-electron chi connectivity index (χ3n) is 4.96. The molecule has 0 radical (unpaired) electrons. The van der Waals surface area contributed by atoms with Gasteiger partial charge in [0.2, 0.25) is 11.8 Å². The number of carbonyl (C=O) groups is 3. The van der Waals surface area contributed by atoms with Crippen LogP contribution < -0.4 is 10.6 Å². The predicted octanol–water partition coefficient (Wildman–Crippen LogP) is 3.93. The quantitative estimate of drug-likeness (QED) is 0.689. The average molecular weight is 473 g/mol. The third-order valence-corrected chi connectivity index (χ3v) is 5.43. The van der Waals surface area contributed by atoms with Gasteiger partial charge in [-0.15, -0.1) is 0 Å². The Morgan fingerprint density at radius 3 is 2.67 bits per heavy atom. The van der Waals surface area contributed by atoms with Gasteiger partial charge in [-0.05, 0) is 59.1 Å². The summed E-state index contributed by atoms with van der Waals surface area (Å²) in [5.41, 5.74) is 0.960. The number of anilines is 2. The van der Waals surface area contributed by atoms with Crippen molar-refractivity contribution >= 4 is 45.2 Å². The molecule has 0 spiro atoms. The largest absolute Gasteiger partial charge is 0.342 e. The molecule has 1 aromatic heterocycles. The summed E-state index contributed by atoms with van der Waals surface area (Å²) in [6, 6.07) is 10.2. The van der Waals surface area contributed by atoms with E-state index >= 15 is 0 Å². The van der Waals surface area contributed by atoms with Gasteiger partial charge in [0.15, 0.2) is 0 Å². The first-order chi connectivity index (χ1) is 14.3. The van der Waals surface area contributed by atoms with Crippen molar-refractivity contribution in [2.24, 2.45) is 11.8 Å². The van der Waals surface area contributed by atoms with Crippen molar-refractivity contribution in [2.45, 2.75) is 26.7 Å². The average Bonchev–Trinajstić information content (AvgIpc) is 2.75. The molecule has 3 amide bonds. The van der Waals surface area contributed by atoms with Crippen LogP contribution >= 0.6 is 15.9 Å². The van der Waals surface area contributed by atoms with Crippen molar-refractivity contribution in [1.82, 2.24) is 9.88 Å². The smallest absolute Gasteiger partial charge is 0.256 e. The molecule has 1 unspecified atom stereocenters. The Bertz CT molecular complexity index is 930. The van der Waals surface area contributed by atoms with E-state index in [1.807, 2.05) is 13.8 Å². The number of amides is 3. The molecule has 2 aromatic rings. The van der Waals surface area contributed by atoms with Crippen LogP contribution in [0.1, 0.15) is 37.0 Å². The molecule has 0 aliphatic carbocycles. The van der Waals surface area contributed by atoms with Crippen molar-refractivity contribution in [3.05, 3.63) is 52.6 Å². The van der Waals surface area contributed by atoms with Gasteiger partial charge >= 0.3 is 0 Å². The maximum atomic E-state index is 12.7. The minimum absolute atomic E-state index is 0.0766. The van der Waals surface area contributed by atoms with Crippen LogP contribution in [0.3, 0.4) is 0 Å². The standard InChI is InChI=1S/C22H25BrN4O3/c1-14(2)22(30)27-10-4-6-16(13-27)21(29)25-18-7-3-5-15(11-18)20(28)26-19-9-8-17(23)12-24-19/h3,5,7-9,11-12,14,16H,4,6,10,13H2,1-2H3,(H,25,29)(H,24,26,28). The molecule has 2 heterocycles. The summed E-state index contributed by atoms with van der Waals surface area (Å²) in [4.78, 5) is 43.4. The van der Waals surface area contributed by atoms with E-state index in [4.69, 9.17) is 0 Å². The number of hydrogen-bond donors (Lipinski definition) is 2. The molecule has 0 saturated carbocycles. The number of likely N-dealkylation sites (tertiary alicyclic amines) is 1. The number of hydrogen-bond acceptors (Lipinski definition) is 4. The summed E-state index contributed by atoms with van der Waals surface area (Å²) in [6.07, 6.45) is 3.14. The zero-order chi connectivity index (χ0) is 21.7. The molecule has 1 aliphatic heterocycles. The molecule has 1 saturated heterocycles. The Morgan fingerprint density at radius 1 is 1.17 bits per heavy atom. The van der Waals surface area contributed by atoms with Gasteiger partial charge in [-0.1, -0.05) is 19.9 Å². The summed E-state index contributed by atoms with van der Waals surface area (Å²) >= 11 is 3.30. The van der Waals surface area contributed by atoms with Gasteiger partial charge in [0, 0.05) is 40.9 Å². The second-order valence-electron chi connectivity index (χ2n) is 7.66. The van der Waals surface area contributed by atoms with E-state index < -0.39 is 0 Å². The van der Waals surface area contributed by atoms with E-state index in [0.717, 1.165) is 17.3 Å². The fourth-order valence-electron chi connectivity index (χ4n) is 3.38. The zero-order valence-electron chi connectivity index (χ0n) is 17.0. The van der Waals surface area contributed by atoms with E-state index in [1.165, 1.54) is 0 Å². The number of aromatic nitrogens is 1. The van der Waals surface area contributed by atoms with Crippen LogP contribution in [0.5, 0.6) is 0 Å². The lowest BCUT2D eigenvalue weighted by Gasteiger charge is -2.33. The van der Waals surface area contributed by atoms with Gasteiger partial charge in [-0.3, -0.25) is 14.4 Å². The van der Waals surface area contributed by atoms with Gasteiger partial charge in [-0.2, -0.15) is 0 Å². The van der Waals surface area contributed by atoms with Crippen LogP contribution in [0.15, 0.2) is 47.1 Å². The van der Waals surface area contributed by atoms with Gasteiger partial charge in [0.25, 0.3) is 5.91 Å². The second-order valence-corrected chi connectivity index (χ2v) is 8.58. The number of piperidine rings is 1. The van der Waals surface area contributed by atoms with Crippen LogP contribution in [-0.4, -0.2) is 40.7 Å². The molecule has 1 aliphatic rings. The fraction of sp³-hybridized carbons (Fsp3) is 0.364. The second kappa shape index (κ2) is 9.84. The highest BCUT2D eigenvalue weighted by Gasteiger charge is 2.29. The summed E-state index contributed by atoms with van der Waals surface area (Å²) in [5.74, 6) is -0.272. The lowest BCUT2D eigenvalue weighted by atomic mass is 9.96. The Hall–Kier alpha value is -2.74. The Balaban J connectivity index is 1.63. The number of benzene rings is 1. The molecular weight excluding hydrogens is 448 g/mol. The van der Waals surface area contributed by atoms with Crippen molar-refractivity contribution in [3.63, 3.8) is 0 Å². The first-order valence-corrected chi connectivity index (χ1v) is 10.8. The van der Waals surface area contributed by atoms with Crippen LogP contribution in [0.25, 0.3) is 0 Å². The molecule has 7 nitrogen and oxygen atoms in total. The van der Waals surface area contributed by atoms with E-state index in [0.29, 0.717) is 30.2 Å². The maximum Gasteiger partial charge on any atom is 0.256 e. The molecule has 1 fully saturated rings. The van der Waals surface area contributed by atoms with Crippen molar-refractivity contribution in [2.75, 3.05) is 23.7 Å². The van der Waals surface area contributed by atoms with Crippen molar-refractivity contribution < 1.29 is 14.4 Å². The molecule has 0 bridgehead atoms. The van der Waals surface area contributed by atoms with Gasteiger partial charge in [-0.25, -0.2) is 4.98 Å². The third kappa shape index (κ3) is 5.66. The maximum absolute atomic E-state index is 12.7. The summed E-state index contributed by atoms with van der Waals surface area (Å²) in [5, 5.41) is 5.62. The molecule has 2 N–H and O–H groups in total. The molecule has 3 rings (SSSR count). The van der Waals surface area contributed by atoms with E-state index in [-0.39, 0.29) is 29.6 Å². The Morgan fingerprint density at radius 2 is 1.97 bits per heavy atom. The molecule has 8 heteroatoms. The van der Waals surface area contributed by atoms with Gasteiger partial charge in [0.1, 0.15) is 5.82 Å². The SMILES string of the molecule is CC(C)C(=O)N1CCCC(C(=O)Nc2cccc(C(=O)Nc3ccc(Br)cn3)c2)C1. The van der Waals surface area contributed by atoms with Crippen LogP contribution in [0, 0.1) is 11.8 Å². The van der Waals surface area contributed by atoms with E-state index in [2.05, 4.69) is 31.5 Å². The predicted molar refractivity (Wildman–Crippen MR) is 119 cm³/mol. The Labute approximate surface area is 184 Å². The van der Waals surface area contributed by atoms with Crippen molar-refractivity contribution in [3.8, 4) is 0 Å². The first kappa shape index (κ1) is 22.0. The zero-order valence-corrected chi connectivity index (χ0v) is 18.6. The number of halogens is 1. The number of nitrogens with zero attached hydrogens (tertiary/aromatic N) is 2. The fourth-order valence-corrected chi connectivity index (χ4v) is 3.61. The monoisotopic (exact) mass is 472 g/mol. The van der Waals surface area contributed by atoms with Crippen molar-refractivity contribution in [1.29, 1.82) is 0 Å². The summed E-state index contributed by atoms with van der Waals surface area (Å²) < 4.78 is 0.821. The number of nitrogens with one attached hydrogen (secondary N) is 2. The Kier molecular flexibility index (Phi) is 7.20. The highest BCUT2D eigenvalue weighted by Crippen LogP contribution is 2.21. The molecule has 30 heavy (non-hydrogen) atoms. The van der Waals surface area contributed by atoms with Crippen LogP contribution in [-0.2, 0) is 9.59 Å². The van der Waals surface area contributed by atoms with Crippen LogP contribution in [0.4, 0.5) is 11.5 Å². The molecular formula is C22H25BrN4O3. The topological polar surface area (TPSA) is 91.4 Å². The van der Waals surface area contributed by atoms with Crippen LogP contribution in [0.2, 0.25) is 0 Å². The number of pyridine rings is 1. The number of rotatable bonds is 5. The highest BCUT2D eigenvalue weighted by molar-refractivity contribution is 9.10. The lowest BCUT2D eigenvalue weighted by molar-refractivity contribution is -0.137. The number of carbonyl (C=O) groups excluding carboxylic acids is 3. The van der Waals surface area contributed by atoms with Gasteiger partial charge < -0.3 is 15.5 Å². The minimum Gasteiger partial charge on any atom is -0.342 e. The normalized spacial score (nSPS) is 16.3. The molecule has 158 valence electrons. The van der Waals surface area contributed by atoms with E-state index in [1.54, 1.807) is 47.5 Å². The lowest BCUT2D eigenvalue weighted by Crippen LogP contribution is -2.45. The molecule has 1 aromatic carbocycles. The minimum atomic E-state index is -0.313. The summed E-state index contributed by atoms with van der Waals surface area (Å²) in [7, 11) is 0.